The van der Waals surface area contributed by atoms with Gasteiger partial charge in [-0.1, -0.05) is 12.1 Å². The van der Waals surface area contributed by atoms with E-state index in [0.717, 1.165) is 11.3 Å². The second-order valence-electron chi connectivity index (χ2n) is 5.47. The number of hydrogen-bond donors (Lipinski definition) is 0. The monoisotopic (exact) mass is 286 g/mol. The number of rotatable bonds is 3. The summed E-state index contributed by atoms with van der Waals surface area (Å²) < 4.78 is 10.4. The maximum atomic E-state index is 12.5. The average Bonchev–Trinajstić information content (AvgIpc) is 2.84. The molecule has 0 bridgehead atoms. The van der Waals surface area contributed by atoms with Gasteiger partial charge in [0.1, 0.15) is 24.1 Å². The number of carbonyl (C=O) groups is 1. The van der Waals surface area contributed by atoms with Crippen molar-refractivity contribution in [1.82, 2.24) is 4.90 Å². The summed E-state index contributed by atoms with van der Waals surface area (Å²) in [7, 11) is 1.59. The molecule has 1 fully saturated rings. The Labute approximate surface area is 124 Å². The zero-order chi connectivity index (χ0) is 15.5. The zero-order valence-corrected chi connectivity index (χ0v) is 12.4. The van der Waals surface area contributed by atoms with Gasteiger partial charge in [0.2, 0.25) is 0 Å². The van der Waals surface area contributed by atoms with E-state index in [1.165, 1.54) is 0 Å². The number of carbonyl (C=O) groups excluding carboxylic acids is 1. The zero-order valence-electron chi connectivity index (χ0n) is 12.4. The molecule has 1 aliphatic heterocycles. The lowest BCUT2D eigenvalue weighted by molar-refractivity contribution is -0.130. The van der Waals surface area contributed by atoms with Crippen LogP contribution in [0.4, 0.5) is 0 Å². The average molecular weight is 286 g/mol. The number of methoxy groups -OCH3 is 1. The summed E-state index contributed by atoms with van der Waals surface area (Å²) >= 11 is 0. The van der Waals surface area contributed by atoms with Crippen LogP contribution in [0.15, 0.2) is 29.8 Å². The van der Waals surface area contributed by atoms with Crippen molar-refractivity contribution in [3.05, 3.63) is 35.4 Å². The Morgan fingerprint density at radius 1 is 1.43 bits per heavy atom. The molecular formula is C16H18N2O3. The van der Waals surface area contributed by atoms with Gasteiger partial charge < -0.3 is 14.4 Å². The van der Waals surface area contributed by atoms with Crippen molar-refractivity contribution >= 4 is 12.0 Å². The van der Waals surface area contributed by atoms with Crippen molar-refractivity contribution in [3.8, 4) is 11.8 Å². The predicted molar refractivity (Wildman–Crippen MR) is 78.3 cm³/mol. The summed E-state index contributed by atoms with van der Waals surface area (Å²) in [5.74, 6) is 0.418. The lowest BCUT2D eigenvalue weighted by atomic mass is 10.0. The highest BCUT2D eigenvalue weighted by Gasteiger charge is 2.37. The largest absolute Gasteiger partial charge is 0.497 e. The number of hydrogen-bond acceptors (Lipinski definition) is 4. The minimum absolute atomic E-state index is 0.0961. The minimum atomic E-state index is -0.396. The quantitative estimate of drug-likeness (QED) is 0.631. The smallest absolute Gasteiger partial charge is 0.266 e. The highest BCUT2D eigenvalue weighted by Crippen LogP contribution is 2.24. The summed E-state index contributed by atoms with van der Waals surface area (Å²) in [6, 6.07) is 9.15. The van der Waals surface area contributed by atoms with E-state index in [0.29, 0.717) is 6.61 Å². The Kier molecular flexibility index (Phi) is 4.29. The lowest BCUT2D eigenvalue weighted by Gasteiger charge is -2.28. The van der Waals surface area contributed by atoms with E-state index in [9.17, 15) is 10.1 Å². The van der Waals surface area contributed by atoms with Crippen LogP contribution in [0.2, 0.25) is 0 Å². The van der Waals surface area contributed by atoms with E-state index in [1.54, 1.807) is 42.4 Å². The normalized spacial score (nSPS) is 17.4. The maximum absolute atomic E-state index is 12.5. The van der Waals surface area contributed by atoms with Crippen molar-refractivity contribution in [2.24, 2.45) is 0 Å². The van der Waals surface area contributed by atoms with Crippen LogP contribution in [-0.2, 0) is 9.53 Å². The second kappa shape index (κ2) is 5.98. The summed E-state index contributed by atoms with van der Waals surface area (Å²) in [5.41, 5.74) is 0.477. The molecule has 1 aliphatic rings. The number of nitriles is 1. The van der Waals surface area contributed by atoms with Gasteiger partial charge in [0.15, 0.2) is 0 Å². The number of benzene rings is 1. The first kappa shape index (κ1) is 15.1. The minimum Gasteiger partial charge on any atom is -0.497 e. The number of nitrogens with zero attached hydrogens (tertiary/aromatic N) is 2. The third-order valence-electron chi connectivity index (χ3n) is 3.43. The van der Waals surface area contributed by atoms with Crippen LogP contribution in [0.5, 0.6) is 5.75 Å². The molecule has 1 saturated heterocycles. The molecule has 0 radical (unpaired) electrons. The van der Waals surface area contributed by atoms with Crippen molar-refractivity contribution in [1.29, 1.82) is 5.26 Å². The van der Waals surface area contributed by atoms with E-state index in [4.69, 9.17) is 9.47 Å². The van der Waals surface area contributed by atoms with Gasteiger partial charge >= 0.3 is 0 Å². The molecule has 0 aromatic heterocycles. The Morgan fingerprint density at radius 2 is 2.10 bits per heavy atom. The topological polar surface area (TPSA) is 62.6 Å². The fraction of sp³-hybridized carbons (Fsp3) is 0.375. The standard InChI is InChI=1S/C16H18N2O3/c1-16(2)10-21-11-18(16)15(19)13(9-17)8-12-4-6-14(20-3)7-5-12/h4-8H,10-11H2,1-3H3. The van der Waals surface area contributed by atoms with Crippen molar-refractivity contribution in [2.75, 3.05) is 20.4 Å². The fourth-order valence-corrected chi connectivity index (χ4v) is 2.13. The van der Waals surface area contributed by atoms with Gasteiger partial charge in [0.25, 0.3) is 5.91 Å². The van der Waals surface area contributed by atoms with E-state index >= 15 is 0 Å². The maximum Gasteiger partial charge on any atom is 0.266 e. The number of ether oxygens (including phenoxy) is 2. The highest BCUT2D eigenvalue weighted by atomic mass is 16.5. The molecule has 0 N–H and O–H groups in total. The first-order chi connectivity index (χ1) is 9.97. The Morgan fingerprint density at radius 3 is 2.57 bits per heavy atom. The Balaban J connectivity index is 2.24. The van der Waals surface area contributed by atoms with E-state index in [-0.39, 0.29) is 18.2 Å². The van der Waals surface area contributed by atoms with Crippen LogP contribution in [0.3, 0.4) is 0 Å². The SMILES string of the molecule is COc1ccc(C=C(C#N)C(=O)N2COCC2(C)C)cc1. The second-order valence-corrected chi connectivity index (χ2v) is 5.47. The van der Waals surface area contributed by atoms with Crippen LogP contribution >= 0.6 is 0 Å². The third-order valence-corrected chi connectivity index (χ3v) is 3.43. The molecular weight excluding hydrogens is 268 g/mol. The predicted octanol–water partition coefficient (Wildman–Crippen LogP) is 2.20. The summed E-state index contributed by atoms with van der Waals surface area (Å²) in [6.07, 6.45) is 1.58. The molecule has 0 spiro atoms. The van der Waals surface area contributed by atoms with Crippen LogP contribution in [0.1, 0.15) is 19.4 Å². The molecule has 0 atom stereocenters. The molecule has 0 unspecified atom stereocenters. The van der Waals surface area contributed by atoms with Gasteiger partial charge in [-0.05, 0) is 37.6 Å². The molecule has 2 rings (SSSR count). The summed E-state index contributed by atoms with van der Waals surface area (Å²) in [4.78, 5) is 14.0. The van der Waals surface area contributed by atoms with E-state index in [2.05, 4.69) is 0 Å². The molecule has 1 amide bonds. The highest BCUT2D eigenvalue weighted by molar-refractivity contribution is 6.02. The van der Waals surface area contributed by atoms with Crippen LogP contribution in [0, 0.1) is 11.3 Å². The van der Waals surface area contributed by atoms with Crippen LogP contribution in [0.25, 0.3) is 6.08 Å². The molecule has 1 aromatic carbocycles. The van der Waals surface area contributed by atoms with Gasteiger partial charge in [0.05, 0.1) is 19.3 Å². The third kappa shape index (κ3) is 3.23. The van der Waals surface area contributed by atoms with Gasteiger partial charge in [-0.3, -0.25) is 4.79 Å². The molecule has 1 heterocycles. The van der Waals surface area contributed by atoms with E-state index in [1.807, 2.05) is 19.9 Å². The molecule has 1 aromatic rings. The Hall–Kier alpha value is -2.32. The molecule has 0 aliphatic carbocycles. The summed E-state index contributed by atoms with van der Waals surface area (Å²) in [6.45, 7) is 4.52. The molecule has 5 heteroatoms. The Bertz CT molecular complexity index is 597. The first-order valence-electron chi connectivity index (χ1n) is 6.63. The van der Waals surface area contributed by atoms with Gasteiger partial charge in [0, 0.05) is 0 Å². The fourth-order valence-electron chi connectivity index (χ4n) is 2.13. The van der Waals surface area contributed by atoms with Gasteiger partial charge in [-0.15, -0.1) is 0 Å². The van der Waals surface area contributed by atoms with Crippen molar-refractivity contribution < 1.29 is 14.3 Å². The van der Waals surface area contributed by atoms with Crippen LogP contribution < -0.4 is 4.74 Å². The lowest BCUT2D eigenvalue weighted by Crippen LogP contribution is -2.44. The van der Waals surface area contributed by atoms with Crippen LogP contribution in [-0.4, -0.2) is 36.8 Å². The van der Waals surface area contributed by atoms with Crippen molar-refractivity contribution in [2.45, 2.75) is 19.4 Å². The number of amides is 1. The molecule has 0 saturated carbocycles. The first-order valence-corrected chi connectivity index (χ1v) is 6.63. The van der Waals surface area contributed by atoms with Gasteiger partial charge in [-0.2, -0.15) is 5.26 Å². The molecule has 110 valence electrons. The van der Waals surface area contributed by atoms with Gasteiger partial charge in [-0.25, -0.2) is 0 Å². The van der Waals surface area contributed by atoms with Crippen molar-refractivity contribution in [3.63, 3.8) is 0 Å². The van der Waals surface area contributed by atoms with E-state index < -0.39 is 5.54 Å². The summed E-state index contributed by atoms with van der Waals surface area (Å²) in [5, 5.41) is 9.26. The molecule has 21 heavy (non-hydrogen) atoms. The molecule has 5 nitrogen and oxygen atoms in total.